The van der Waals surface area contributed by atoms with E-state index in [1.54, 1.807) is 0 Å². The molecule has 1 aromatic rings. The lowest BCUT2D eigenvalue weighted by Crippen LogP contribution is -2.12. The molecular formula is C8H5N3O3. The van der Waals surface area contributed by atoms with Crippen LogP contribution in [0.2, 0.25) is 0 Å². The van der Waals surface area contributed by atoms with Crippen LogP contribution in [0.5, 0.6) is 0 Å². The van der Waals surface area contributed by atoms with Crippen molar-refractivity contribution in [3.63, 3.8) is 0 Å². The summed E-state index contributed by atoms with van der Waals surface area (Å²) in [5.41, 5.74) is 0.378. The predicted molar refractivity (Wildman–Crippen MR) is 48.6 cm³/mol. The lowest BCUT2D eigenvalue weighted by atomic mass is 10.1. The minimum atomic E-state index is -0.559. The minimum absolute atomic E-state index is 0.120. The normalized spacial score (nSPS) is 13.7. The van der Waals surface area contributed by atoms with Gasteiger partial charge in [0.05, 0.1) is 10.6 Å². The van der Waals surface area contributed by atoms with Crippen LogP contribution in [0.25, 0.3) is 0 Å². The molecule has 0 aliphatic carbocycles. The van der Waals surface area contributed by atoms with E-state index in [9.17, 15) is 14.9 Å². The number of benzene rings is 1. The average Bonchev–Trinajstić information content (AvgIpc) is 2.43. The topological polar surface area (TPSA) is 96.1 Å². The molecule has 0 saturated heterocycles. The summed E-state index contributed by atoms with van der Waals surface area (Å²) in [6, 6.07) is 3.93. The van der Waals surface area contributed by atoms with E-state index in [0.29, 0.717) is 5.69 Å². The number of carbonyl (C=O) groups excluding carboxylic acids is 1. The van der Waals surface area contributed by atoms with Gasteiger partial charge >= 0.3 is 0 Å². The first-order valence-corrected chi connectivity index (χ1v) is 3.78. The van der Waals surface area contributed by atoms with E-state index in [-0.39, 0.29) is 17.0 Å². The van der Waals surface area contributed by atoms with Crippen LogP contribution in [-0.2, 0) is 4.79 Å². The highest BCUT2D eigenvalue weighted by Gasteiger charge is 2.26. The Morgan fingerprint density at radius 3 is 2.79 bits per heavy atom. The molecule has 2 rings (SSSR count). The predicted octanol–water partition coefficient (Wildman–Crippen LogP) is 0.915. The maximum Gasteiger partial charge on any atom is 0.274 e. The van der Waals surface area contributed by atoms with Gasteiger partial charge in [0.2, 0.25) is 0 Å². The molecule has 0 atom stereocenters. The Morgan fingerprint density at radius 2 is 2.14 bits per heavy atom. The SMILES string of the molecule is N=C1C(=O)Nc2ccc([N+](=O)[O-])cc21. The van der Waals surface area contributed by atoms with Crippen LogP contribution < -0.4 is 5.32 Å². The van der Waals surface area contributed by atoms with Gasteiger partial charge in [-0.1, -0.05) is 0 Å². The van der Waals surface area contributed by atoms with Crippen molar-refractivity contribution < 1.29 is 9.72 Å². The molecule has 1 heterocycles. The zero-order chi connectivity index (χ0) is 10.3. The highest BCUT2D eigenvalue weighted by Crippen LogP contribution is 2.26. The number of fused-ring (bicyclic) bond motifs is 1. The molecular weight excluding hydrogens is 186 g/mol. The molecule has 0 radical (unpaired) electrons. The number of rotatable bonds is 1. The Morgan fingerprint density at radius 1 is 1.43 bits per heavy atom. The summed E-state index contributed by atoms with van der Waals surface area (Å²) in [7, 11) is 0. The van der Waals surface area contributed by atoms with Crippen molar-refractivity contribution >= 4 is 23.0 Å². The summed E-state index contributed by atoms with van der Waals surface area (Å²) in [6.45, 7) is 0. The number of nitro benzene ring substituents is 1. The Kier molecular flexibility index (Phi) is 1.57. The summed E-state index contributed by atoms with van der Waals surface area (Å²) < 4.78 is 0. The van der Waals surface area contributed by atoms with E-state index in [4.69, 9.17) is 5.41 Å². The highest BCUT2D eigenvalue weighted by molar-refractivity contribution is 6.52. The van der Waals surface area contributed by atoms with E-state index in [2.05, 4.69) is 5.32 Å². The smallest absolute Gasteiger partial charge is 0.274 e. The third-order valence-corrected chi connectivity index (χ3v) is 1.96. The number of amides is 1. The van der Waals surface area contributed by atoms with E-state index in [1.807, 2.05) is 0 Å². The quantitative estimate of drug-likeness (QED) is 0.510. The summed E-state index contributed by atoms with van der Waals surface area (Å²) >= 11 is 0. The van der Waals surface area contributed by atoms with Gasteiger partial charge in [0, 0.05) is 17.7 Å². The minimum Gasteiger partial charge on any atom is -0.320 e. The summed E-state index contributed by atoms with van der Waals surface area (Å²) in [5, 5.41) is 20.2. The van der Waals surface area contributed by atoms with Crippen molar-refractivity contribution in [2.24, 2.45) is 0 Å². The molecule has 6 heteroatoms. The van der Waals surface area contributed by atoms with Crippen molar-refractivity contribution in [1.29, 1.82) is 5.41 Å². The second-order valence-electron chi connectivity index (χ2n) is 2.82. The van der Waals surface area contributed by atoms with Crippen LogP contribution in [0, 0.1) is 15.5 Å². The van der Waals surface area contributed by atoms with Crippen molar-refractivity contribution in [2.75, 3.05) is 5.32 Å². The van der Waals surface area contributed by atoms with E-state index >= 15 is 0 Å². The molecule has 1 aliphatic rings. The molecule has 0 saturated carbocycles. The molecule has 1 amide bonds. The zero-order valence-corrected chi connectivity index (χ0v) is 6.90. The van der Waals surface area contributed by atoms with Crippen LogP contribution in [0.3, 0.4) is 0 Å². The lowest BCUT2D eigenvalue weighted by Gasteiger charge is -1.95. The first-order chi connectivity index (χ1) is 6.59. The van der Waals surface area contributed by atoms with E-state index in [0.717, 1.165) is 0 Å². The first-order valence-electron chi connectivity index (χ1n) is 3.78. The maximum absolute atomic E-state index is 11.0. The molecule has 1 aliphatic heterocycles. The van der Waals surface area contributed by atoms with Crippen LogP contribution in [0.4, 0.5) is 11.4 Å². The molecule has 2 N–H and O–H groups in total. The highest BCUT2D eigenvalue weighted by atomic mass is 16.6. The standard InChI is InChI=1S/C8H5N3O3/c9-7-5-3-4(11(13)14)1-2-6(5)10-8(7)12/h1-3H,(H2,9,10,12). The number of nitrogens with one attached hydrogen (secondary N) is 2. The largest absolute Gasteiger partial charge is 0.320 e. The van der Waals surface area contributed by atoms with Gasteiger partial charge in [0.25, 0.3) is 11.6 Å². The number of carbonyl (C=O) groups is 1. The van der Waals surface area contributed by atoms with Gasteiger partial charge in [0.15, 0.2) is 0 Å². The van der Waals surface area contributed by atoms with Crippen molar-refractivity contribution in [3.8, 4) is 0 Å². The summed E-state index contributed by atoms with van der Waals surface area (Å²) in [5.74, 6) is -0.527. The van der Waals surface area contributed by atoms with Gasteiger partial charge in [-0.2, -0.15) is 0 Å². The lowest BCUT2D eigenvalue weighted by molar-refractivity contribution is -0.384. The summed E-state index contributed by atoms with van der Waals surface area (Å²) in [4.78, 5) is 20.9. The van der Waals surface area contributed by atoms with Crippen molar-refractivity contribution in [3.05, 3.63) is 33.9 Å². The second kappa shape index (κ2) is 2.63. The van der Waals surface area contributed by atoms with Gasteiger partial charge in [-0.3, -0.25) is 20.3 Å². The van der Waals surface area contributed by atoms with Gasteiger partial charge in [-0.05, 0) is 6.07 Å². The molecule has 6 nitrogen and oxygen atoms in total. The first kappa shape index (κ1) is 8.36. The number of nitro groups is 1. The van der Waals surface area contributed by atoms with Gasteiger partial charge in [0.1, 0.15) is 5.71 Å². The zero-order valence-electron chi connectivity index (χ0n) is 6.90. The fourth-order valence-electron chi connectivity index (χ4n) is 1.27. The molecule has 0 aromatic heterocycles. The molecule has 0 fully saturated rings. The maximum atomic E-state index is 11.0. The van der Waals surface area contributed by atoms with E-state index < -0.39 is 10.8 Å². The Labute approximate surface area is 78.2 Å². The van der Waals surface area contributed by atoms with Gasteiger partial charge in [-0.15, -0.1) is 0 Å². The Bertz CT molecular complexity index is 467. The van der Waals surface area contributed by atoms with Crippen LogP contribution in [0.15, 0.2) is 18.2 Å². The fourth-order valence-corrected chi connectivity index (χ4v) is 1.27. The van der Waals surface area contributed by atoms with Crippen molar-refractivity contribution in [2.45, 2.75) is 0 Å². The molecule has 14 heavy (non-hydrogen) atoms. The average molecular weight is 191 g/mol. The molecule has 0 unspecified atom stereocenters. The number of anilines is 1. The van der Waals surface area contributed by atoms with Crippen LogP contribution in [-0.4, -0.2) is 16.5 Å². The van der Waals surface area contributed by atoms with E-state index in [1.165, 1.54) is 18.2 Å². The summed E-state index contributed by atoms with van der Waals surface area (Å²) in [6.07, 6.45) is 0. The number of hydrogen-bond donors (Lipinski definition) is 2. The third kappa shape index (κ3) is 1.05. The Hall–Kier alpha value is -2.24. The fraction of sp³-hybridized carbons (Fsp3) is 0. The number of non-ortho nitro benzene ring substituents is 1. The Balaban J connectivity index is 2.57. The number of nitrogens with zero attached hydrogens (tertiary/aromatic N) is 1. The third-order valence-electron chi connectivity index (χ3n) is 1.96. The monoisotopic (exact) mass is 191 g/mol. The van der Waals surface area contributed by atoms with Gasteiger partial charge in [-0.25, -0.2) is 0 Å². The molecule has 0 spiro atoms. The van der Waals surface area contributed by atoms with Crippen LogP contribution in [0.1, 0.15) is 5.56 Å². The van der Waals surface area contributed by atoms with Gasteiger partial charge < -0.3 is 5.32 Å². The molecule has 0 bridgehead atoms. The number of hydrogen-bond acceptors (Lipinski definition) is 4. The molecule has 1 aromatic carbocycles. The van der Waals surface area contributed by atoms with Crippen molar-refractivity contribution in [1.82, 2.24) is 0 Å². The second-order valence-corrected chi connectivity index (χ2v) is 2.82. The van der Waals surface area contributed by atoms with Crippen LogP contribution >= 0.6 is 0 Å². The molecule has 70 valence electrons.